The first kappa shape index (κ1) is 20.9. The van der Waals surface area contributed by atoms with Gasteiger partial charge in [0, 0.05) is 6.54 Å². The van der Waals surface area contributed by atoms with Crippen molar-refractivity contribution >= 4 is 27.6 Å². The molecule has 1 heterocycles. The van der Waals surface area contributed by atoms with Gasteiger partial charge >= 0.3 is 5.97 Å². The lowest BCUT2D eigenvalue weighted by molar-refractivity contribution is -0.119. The number of amides is 1. The Balaban J connectivity index is 1.84. The minimum absolute atomic E-state index is 0.0337. The van der Waals surface area contributed by atoms with Crippen LogP contribution in [-0.4, -0.2) is 44.3 Å². The van der Waals surface area contributed by atoms with Crippen LogP contribution in [0.4, 0.5) is 14.5 Å². The van der Waals surface area contributed by atoms with Gasteiger partial charge in [0.25, 0.3) is 0 Å². The zero-order chi connectivity index (χ0) is 21.2. The SMILES string of the molecule is COC(=O)c1ccc(F)c(NC(=O)C2CCCN2S(=O)(=O)c2ccc(F)cc2)c1. The number of methoxy groups -OCH3 is 1. The van der Waals surface area contributed by atoms with Gasteiger partial charge in [-0.3, -0.25) is 4.79 Å². The Bertz CT molecular complexity index is 1040. The van der Waals surface area contributed by atoms with E-state index in [-0.39, 0.29) is 29.1 Å². The highest BCUT2D eigenvalue weighted by Gasteiger charge is 2.39. The number of ether oxygens (including phenoxy) is 1. The minimum Gasteiger partial charge on any atom is -0.465 e. The summed E-state index contributed by atoms with van der Waals surface area (Å²) in [6.45, 7) is 0.0997. The Morgan fingerprint density at radius 2 is 1.83 bits per heavy atom. The number of benzene rings is 2. The Kier molecular flexibility index (Phi) is 5.94. The number of hydrogen-bond donors (Lipinski definition) is 1. The summed E-state index contributed by atoms with van der Waals surface area (Å²) in [6, 6.07) is 6.55. The molecule has 7 nitrogen and oxygen atoms in total. The van der Waals surface area contributed by atoms with Crippen molar-refractivity contribution in [2.45, 2.75) is 23.8 Å². The van der Waals surface area contributed by atoms with E-state index in [4.69, 9.17) is 0 Å². The number of nitrogens with one attached hydrogen (secondary N) is 1. The van der Waals surface area contributed by atoms with Crippen LogP contribution in [0, 0.1) is 11.6 Å². The van der Waals surface area contributed by atoms with Crippen LogP contribution >= 0.6 is 0 Å². The van der Waals surface area contributed by atoms with Crippen molar-refractivity contribution in [3.05, 3.63) is 59.7 Å². The molecule has 1 saturated heterocycles. The summed E-state index contributed by atoms with van der Waals surface area (Å²) < 4.78 is 58.5. The standard InChI is InChI=1S/C19H18F2N2O5S/c1-28-19(25)12-4-9-15(21)16(11-12)22-18(24)17-3-2-10-23(17)29(26,27)14-7-5-13(20)6-8-14/h4-9,11,17H,2-3,10H2,1H3,(H,22,24). The monoisotopic (exact) mass is 424 g/mol. The number of carbonyl (C=O) groups excluding carboxylic acids is 2. The van der Waals surface area contributed by atoms with Crippen molar-refractivity contribution in [2.24, 2.45) is 0 Å². The van der Waals surface area contributed by atoms with Gasteiger partial charge in [-0.05, 0) is 55.3 Å². The van der Waals surface area contributed by atoms with Crippen molar-refractivity contribution in [3.8, 4) is 0 Å². The molecule has 1 amide bonds. The van der Waals surface area contributed by atoms with Gasteiger partial charge < -0.3 is 10.1 Å². The number of halogens is 2. The van der Waals surface area contributed by atoms with E-state index in [1.54, 1.807) is 0 Å². The molecule has 29 heavy (non-hydrogen) atoms. The van der Waals surface area contributed by atoms with Crippen LogP contribution in [0.1, 0.15) is 23.2 Å². The highest BCUT2D eigenvalue weighted by atomic mass is 32.2. The van der Waals surface area contributed by atoms with Gasteiger partial charge in [-0.15, -0.1) is 0 Å². The smallest absolute Gasteiger partial charge is 0.337 e. The second kappa shape index (κ2) is 8.26. The summed E-state index contributed by atoms with van der Waals surface area (Å²) in [5, 5.41) is 2.35. The number of esters is 1. The fourth-order valence-electron chi connectivity index (χ4n) is 3.11. The van der Waals surface area contributed by atoms with E-state index in [9.17, 15) is 26.8 Å². The predicted octanol–water partition coefficient (Wildman–Crippen LogP) is 2.54. The maximum atomic E-state index is 14.1. The Morgan fingerprint density at radius 3 is 2.48 bits per heavy atom. The number of nitrogens with zero attached hydrogens (tertiary/aromatic N) is 1. The Morgan fingerprint density at radius 1 is 1.14 bits per heavy atom. The molecule has 0 aromatic heterocycles. The maximum absolute atomic E-state index is 14.1. The van der Waals surface area contributed by atoms with Crippen molar-refractivity contribution < 1.29 is 31.5 Å². The van der Waals surface area contributed by atoms with E-state index < -0.39 is 39.6 Å². The van der Waals surface area contributed by atoms with Gasteiger partial charge in [0.2, 0.25) is 15.9 Å². The number of carbonyl (C=O) groups is 2. The second-order valence-corrected chi connectivity index (χ2v) is 8.29. The van der Waals surface area contributed by atoms with Crippen molar-refractivity contribution in [3.63, 3.8) is 0 Å². The summed E-state index contributed by atoms with van der Waals surface area (Å²) in [5.74, 6) is -2.80. The lowest BCUT2D eigenvalue weighted by Gasteiger charge is -2.23. The molecule has 1 aliphatic rings. The van der Waals surface area contributed by atoms with Gasteiger partial charge in [-0.25, -0.2) is 22.0 Å². The van der Waals surface area contributed by atoms with Crippen molar-refractivity contribution in [1.29, 1.82) is 0 Å². The topological polar surface area (TPSA) is 92.8 Å². The Hall–Kier alpha value is -2.85. The van der Waals surface area contributed by atoms with Crippen molar-refractivity contribution in [2.75, 3.05) is 19.0 Å². The van der Waals surface area contributed by atoms with Crippen LogP contribution in [0.15, 0.2) is 47.4 Å². The van der Waals surface area contributed by atoms with E-state index in [2.05, 4.69) is 10.1 Å². The molecule has 0 bridgehead atoms. The van der Waals surface area contributed by atoms with E-state index in [1.165, 1.54) is 13.2 Å². The lowest BCUT2D eigenvalue weighted by atomic mass is 10.1. The average molecular weight is 424 g/mol. The quantitative estimate of drug-likeness (QED) is 0.745. The average Bonchev–Trinajstić information content (AvgIpc) is 3.20. The first-order chi connectivity index (χ1) is 13.7. The molecule has 1 aliphatic heterocycles. The van der Waals surface area contributed by atoms with Crippen LogP contribution in [0.2, 0.25) is 0 Å². The van der Waals surface area contributed by atoms with Gasteiger partial charge in [-0.2, -0.15) is 4.31 Å². The number of rotatable bonds is 5. The molecule has 0 radical (unpaired) electrons. The number of hydrogen-bond acceptors (Lipinski definition) is 5. The fourth-order valence-corrected chi connectivity index (χ4v) is 4.77. The second-order valence-electron chi connectivity index (χ2n) is 6.40. The van der Waals surface area contributed by atoms with E-state index in [0.717, 1.165) is 40.7 Å². The summed E-state index contributed by atoms with van der Waals surface area (Å²) >= 11 is 0. The van der Waals surface area contributed by atoms with Gasteiger partial charge in [-0.1, -0.05) is 0 Å². The third-order valence-electron chi connectivity index (χ3n) is 4.57. The minimum atomic E-state index is -4.04. The largest absolute Gasteiger partial charge is 0.465 e. The third kappa shape index (κ3) is 4.28. The zero-order valence-electron chi connectivity index (χ0n) is 15.4. The summed E-state index contributed by atoms with van der Waals surface area (Å²) in [4.78, 5) is 24.2. The molecule has 1 N–H and O–H groups in total. The molecule has 2 aromatic carbocycles. The first-order valence-corrected chi connectivity index (χ1v) is 10.1. The van der Waals surface area contributed by atoms with E-state index >= 15 is 0 Å². The molecule has 0 saturated carbocycles. The fraction of sp³-hybridized carbons (Fsp3) is 0.263. The maximum Gasteiger partial charge on any atom is 0.337 e. The molecule has 0 spiro atoms. The van der Waals surface area contributed by atoms with E-state index in [0.29, 0.717) is 6.42 Å². The first-order valence-electron chi connectivity index (χ1n) is 8.70. The van der Waals surface area contributed by atoms with Crippen LogP contribution in [-0.2, 0) is 19.6 Å². The Labute approximate surface area is 166 Å². The summed E-state index contributed by atoms with van der Waals surface area (Å²) in [6.07, 6.45) is 0.674. The lowest BCUT2D eigenvalue weighted by Crippen LogP contribution is -2.43. The molecule has 2 aromatic rings. The molecule has 0 aliphatic carbocycles. The van der Waals surface area contributed by atoms with Crippen LogP contribution < -0.4 is 5.32 Å². The number of sulfonamides is 1. The zero-order valence-corrected chi connectivity index (χ0v) is 16.2. The molecule has 1 atom stereocenters. The third-order valence-corrected chi connectivity index (χ3v) is 6.49. The molecule has 3 rings (SSSR count). The van der Waals surface area contributed by atoms with E-state index in [1.807, 2.05) is 0 Å². The van der Waals surface area contributed by atoms with Gasteiger partial charge in [0.05, 0.1) is 23.3 Å². The predicted molar refractivity (Wildman–Crippen MR) is 99.7 cm³/mol. The van der Waals surface area contributed by atoms with Crippen molar-refractivity contribution in [1.82, 2.24) is 4.31 Å². The molecular weight excluding hydrogens is 406 g/mol. The molecule has 1 unspecified atom stereocenters. The molecule has 154 valence electrons. The number of anilines is 1. The summed E-state index contributed by atoms with van der Waals surface area (Å²) in [5.41, 5.74) is -0.227. The van der Waals surface area contributed by atoms with Crippen LogP contribution in [0.3, 0.4) is 0 Å². The van der Waals surface area contributed by atoms with Crippen LogP contribution in [0.25, 0.3) is 0 Å². The van der Waals surface area contributed by atoms with Crippen LogP contribution in [0.5, 0.6) is 0 Å². The highest BCUT2D eigenvalue weighted by molar-refractivity contribution is 7.89. The molecular formula is C19H18F2N2O5S. The normalized spacial score (nSPS) is 17.1. The molecule has 1 fully saturated rings. The summed E-state index contributed by atoms with van der Waals surface area (Å²) in [7, 11) is -2.87. The molecule has 10 heteroatoms. The highest BCUT2D eigenvalue weighted by Crippen LogP contribution is 2.28. The van der Waals surface area contributed by atoms with Gasteiger partial charge in [0.1, 0.15) is 17.7 Å². The van der Waals surface area contributed by atoms with Gasteiger partial charge in [0.15, 0.2) is 0 Å².